The average molecular weight is 341 g/mol. The van der Waals surface area contributed by atoms with Crippen molar-refractivity contribution in [3.05, 3.63) is 34.6 Å². The van der Waals surface area contributed by atoms with E-state index in [1.54, 1.807) is 19.2 Å². The molecule has 2 N–H and O–H groups in total. The van der Waals surface area contributed by atoms with Gasteiger partial charge in [-0.1, -0.05) is 24.6 Å². The molecule has 1 aliphatic heterocycles. The Labute approximate surface area is 143 Å². The second kappa shape index (κ2) is 9.08. The Morgan fingerprint density at radius 3 is 2.96 bits per heavy atom. The Morgan fingerprint density at radius 2 is 2.26 bits per heavy atom. The van der Waals surface area contributed by atoms with Gasteiger partial charge in [-0.05, 0) is 44.5 Å². The first-order valence-corrected chi connectivity index (χ1v) is 8.65. The van der Waals surface area contributed by atoms with Gasteiger partial charge >= 0.3 is 0 Å². The molecule has 1 aliphatic rings. The van der Waals surface area contributed by atoms with Crippen LogP contribution in [0.25, 0.3) is 0 Å². The van der Waals surface area contributed by atoms with Crippen LogP contribution in [0, 0.1) is 5.82 Å². The van der Waals surface area contributed by atoms with Crippen molar-refractivity contribution in [2.24, 2.45) is 4.99 Å². The van der Waals surface area contributed by atoms with E-state index < -0.39 is 0 Å². The molecule has 1 unspecified atom stereocenters. The van der Waals surface area contributed by atoms with Gasteiger partial charge in [0.2, 0.25) is 0 Å². The molecule has 1 aromatic rings. The largest absolute Gasteiger partial charge is 0.356 e. The van der Waals surface area contributed by atoms with E-state index in [9.17, 15) is 4.39 Å². The molecule has 0 spiro atoms. The minimum atomic E-state index is -0.258. The summed E-state index contributed by atoms with van der Waals surface area (Å²) in [4.78, 5) is 6.71. The lowest BCUT2D eigenvalue weighted by Gasteiger charge is -2.24. The molecule has 1 heterocycles. The fourth-order valence-corrected chi connectivity index (χ4v) is 3.31. The number of benzene rings is 1. The summed E-state index contributed by atoms with van der Waals surface area (Å²) in [6, 6.07) is 5.34. The van der Waals surface area contributed by atoms with Gasteiger partial charge in [-0.3, -0.25) is 9.89 Å². The van der Waals surface area contributed by atoms with Crippen molar-refractivity contribution in [3.8, 4) is 0 Å². The van der Waals surface area contributed by atoms with Crippen LogP contribution in [0.1, 0.15) is 25.3 Å². The van der Waals surface area contributed by atoms with Gasteiger partial charge in [0.25, 0.3) is 0 Å². The summed E-state index contributed by atoms with van der Waals surface area (Å²) < 4.78 is 13.7. The fraction of sp³-hybridized carbons (Fsp3) is 0.588. The monoisotopic (exact) mass is 340 g/mol. The predicted molar refractivity (Wildman–Crippen MR) is 94.7 cm³/mol. The second-order valence-corrected chi connectivity index (χ2v) is 6.16. The number of aliphatic imine (C=N–C) groups is 1. The Hall–Kier alpha value is -1.33. The summed E-state index contributed by atoms with van der Waals surface area (Å²) in [5, 5.41) is 7.06. The number of guanidine groups is 1. The maximum atomic E-state index is 13.7. The lowest BCUT2D eigenvalue weighted by molar-refractivity contribution is 0.267. The lowest BCUT2D eigenvalue weighted by Crippen LogP contribution is -2.45. The predicted octanol–water partition coefficient (Wildman–Crippen LogP) is 2.67. The van der Waals surface area contributed by atoms with Crippen LogP contribution in [0.4, 0.5) is 4.39 Å². The van der Waals surface area contributed by atoms with Crippen LogP contribution in [0.5, 0.6) is 0 Å². The maximum Gasteiger partial charge on any atom is 0.191 e. The van der Waals surface area contributed by atoms with Crippen LogP contribution in [-0.4, -0.2) is 50.1 Å². The summed E-state index contributed by atoms with van der Waals surface area (Å²) >= 11 is 6.04. The van der Waals surface area contributed by atoms with Crippen LogP contribution in [0.2, 0.25) is 5.02 Å². The van der Waals surface area contributed by atoms with E-state index in [1.165, 1.54) is 25.5 Å². The molecule has 0 bridgehead atoms. The molecular formula is C17H26ClFN4. The zero-order chi connectivity index (χ0) is 16.7. The zero-order valence-electron chi connectivity index (χ0n) is 13.9. The first-order valence-electron chi connectivity index (χ1n) is 8.27. The molecule has 128 valence electrons. The van der Waals surface area contributed by atoms with Crippen LogP contribution < -0.4 is 10.6 Å². The van der Waals surface area contributed by atoms with Crippen molar-refractivity contribution in [3.63, 3.8) is 0 Å². The molecule has 1 saturated heterocycles. The molecule has 0 aliphatic carbocycles. The molecule has 0 saturated carbocycles. The number of halogens is 2. The maximum absolute atomic E-state index is 13.7. The summed E-state index contributed by atoms with van der Waals surface area (Å²) in [6.45, 7) is 5.94. The van der Waals surface area contributed by atoms with Gasteiger partial charge in [-0.15, -0.1) is 0 Å². The van der Waals surface area contributed by atoms with Crippen molar-refractivity contribution in [1.29, 1.82) is 0 Å². The summed E-state index contributed by atoms with van der Waals surface area (Å²) in [5.74, 6) is 0.493. The van der Waals surface area contributed by atoms with Crippen molar-refractivity contribution in [1.82, 2.24) is 15.5 Å². The molecule has 1 aromatic carbocycles. The van der Waals surface area contributed by atoms with Crippen molar-refractivity contribution >= 4 is 17.6 Å². The van der Waals surface area contributed by atoms with E-state index in [4.69, 9.17) is 11.6 Å². The molecule has 6 heteroatoms. The minimum absolute atomic E-state index is 0.258. The Kier molecular flexibility index (Phi) is 7.12. The third-order valence-corrected chi connectivity index (χ3v) is 4.72. The van der Waals surface area contributed by atoms with Gasteiger partial charge in [0, 0.05) is 36.8 Å². The van der Waals surface area contributed by atoms with Crippen molar-refractivity contribution in [2.45, 2.75) is 32.2 Å². The molecule has 0 radical (unpaired) electrons. The molecule has 4 nitrogen and oxygen atoms in total. The molecular weight excluding hydrogens is 315 g/mol. The first kappa shape index (κ1) is 18.0. The summed E-state index contributed by atoms with van der Waals surface area (Å²) in [5.41, 5.74) is 0.546. The second-order valence-electron chi connectivity index (χ2n) is 5.75. The topological polar surface area (TPSA) is 39.7 Å². The summed E-state index contributed by atoms with van der Waals surface area (Å²) in [6.07, 6.45) is 3.01. The number of likely N-dealkylation sites (tertiary alicyclic amines) is 1. The fourth-order valence-electron chi connectivity index (χ4n) is 3.05. The lowest BCUT2D eigenvalue weighted by atomic mass is 10.1. The van der Waals surface area contributed by atoms with E-state index in [-0.39, 0.29) is 5.82 Å². The number of likely N-dealkylation sites (N-methyl/N-ethyl adjacent to an activating group) is 1. The van der Waals surface area contributed by atoms with E-state index in [0.29, 0.717) is 29.6 Å². The number of rotatable bonds is 6. The summed E-state index contributed by atoms with van der Waals surface area (Å²) in [7, 11) is 1.75. The zero-order valence-corrected chi connectivity index (χ0v) is 14.7. The molecule has 23 heavy (non-hydrogen) atoms. The van der Waals surface area contributed by atoms with Gasteiger partial charge in [0.15, 0.2) is 5.96 Å². The highest BCUT2D eigenvalue weighted by Gasteiger charge is 2.22. The third-order valence-electron chi connectivity index (χ3n) is 4.36. The smallest absolute Gasteiger partial charge is 0.191 e. The highest BCUT2D eigenvalue weighted by atomic mass is 35.5. The SMILES string of the molecule is CCN1CCCC1CNC(=NC)NCCc1c(F)cccc1Cl. The highest BCUT2D eigenvalue weighted by Crippen LogP contribution is 2.19. The number of nitrogens with one attached hydrogen (secondary N) is 2. The normalized spacial score (nSPS) is 19.1. The van der Waals surface area contributed by atoms with Crippen LogP contribution in [-0.2, 0) is 6.42 Å². The van der Waals surface area contributed by atoms with E-state index in [2.05, 4.69) is 27.4 Å². The molecule has 2 rings (SSSR count). The quantitative estimate of drug-likeness (QED) is 0.618. The molecule has 1 fully saturated rings. The van der Waals surface area contributed by atoms with Crippen LogP contribution in [0.15, 0.2) is 23.2 Å². The number of hydrogen-bond acceptors (Lipinski definition) is 2. The Balaban J connectivity index is 1.77. The van der Waals surface area contributed by atoms with Gasteiger partial charge in [0.1, 0.15) is 5.82 Å². The standard InChI is InChI=1S/C17H26ClFN4/c1-3-23-11-5-6-13(23)12-22-17(20-2)21-10-9-14-15(18)7-4-8-16(14)19/h4,7-8,13H,3,5-6,9-12H2,1-2H3,(H2,20,21,22). The average Bonchev–Trinajstić information content (AvgIpc) is 3.00. The van der Waals surface area contributed by atoms with E-state index >= 15 is 0 Å². The van der Waals surface area contributed by atoms with Gasteiger partial charge in [-0.25, -0.2) is 4.39 Å². The van der Waals surface area contributed by atoms with E-state index in [1.807, 2.05) is 0 Å². The molecule has 0 aromatic heterocycles. The highest BCUT2D eigenvalue weighted by molar-refractivity contribution is 6.31. The van der Waals surface area contributed by atoms with Crippen molar-refractivity contribution in [2.75, 3.05) is 33.2 Å². The Morgan fingerprint density at radius 1 is 1.43 bits per heavy atom. The van der Waals surface area contributed by atoms with Gasteiger partial charge < -0.3 is 10.6 Å². The van der Waals surface area contributed by atoms with E-state index in [0.717, 1.165) is 19.0 Å². The number of nitrogens with zero attached hydrogens (tertiary/aromatic N) is 2. The minimum Gasteiger partial charge on any atom is -0.356 e. The van der Waals surface area contributed by atoms with Gasteiger partial charge in [-0.2, -0.15) is 0 Å². The van der Waals surface area contributed by atoms with Crippen LogP contribution in [0.3, 0.4) is 0 Å². The molecule has 0 amide bonds. The first-order chi connectivity index (χ1) is 11.2. The van der Waals surface area contributed by atoms with Crippen molar-refractivity contribution < 1.29 is 4.39 Å². The third kappa shape index (κ3) is 5.08. The number of hydrogen-bond donors (Lipinski definition) is 2. The van der Waals surface area contributed by atoms with Gasteiger partial charge in [0.05, 0.1) is 0 Å². The van der Waals surface area contributed by atoms with Crippen LogP contribution >= 0.6 is 11.6 Å². The Bertz CT molecular complexity index is 515. The molecule has 1 atom stereocenters.